The normalized spacial score (nSPS) is 12.4. The molecule has 1 atom stereocenters. The van der Waals surface area contributed by atoms with Crippen LogP contribution in [0.15, 0.2) is 42.5 Å². The Hall–Kier alpha value is -0.860. The third-order valence-electron chi connectivity index (χ3n) is 3.18. The van der Waals surface area contributed by atoms with E-state index in [4.69, 9.17) is 11.6 Å². The van der Waals surface area contributed by atoms with Gasteiger partial charge < -0.3 is 0 Å². The van der Waals surface area contributed by atoms with Crippen LogP contribution >= 0.6 is 27.5 Å². The van der Waals surface area contributed by atoms with Crippen LogP contribution in [0.1, 0.15) is 22.6 Å². The second-order valence-corrected chi connectivity index (χ2v) is 5.79. The summed E-state index contributed by atoms with van der Waals surface area (Å²) in [6.07, 6.45) is 0.664. The highest BCUT2D eigenvalue weighted by Gasteiger charge is 2.14. The van der Waals surface area contributed by atoms with E-state index in [1.807, 2.05) is 6.07 Å². The standard InChI is InChI=1S/C16H15BrClF/c1-11-3-2-4-12(7-11)14(10-17)8-13-5-6-15(18)9-16(13)19/h2-7,9,14H,8,10H2,1H3. The lowest BCUT2D eigenvalue weighted by atomic mass is 9.92. The molecule has 0 bridgehead atoms. The summed E-state index contributed by atoms with van der Waals surface area (Å²) >= 11 is 9.30. The molecule has 0 aliphatic rings. The highest BCUT2D eigenvalue weighted by molar-refractivity contribution is 9.09. The van der Waals surface area contributed by atoms with Gasteiger partial charge in [0.05, 0.1) is 0 Å². The van der Waals surface area contributed by atoms with Gasteiger partial charge in [-0.1, -0.05) is 63.4 Å². The van der Waals surface area contributed by atoms with E-state index >= 15 is 0 Å². The van der Waals surface area contributed by atoms with Crippen LogP contribution in [0, 0.1) is 12.7 Å². The predicted molar refractivity (Wildman–Crippen MR) is 82.8 cm³/mol. The molecule has 0 nitrogen and oxygen atoms in total. The zero-order valence-corrected chi connectivity index (χ0v) is 13.0. The molecule has 0 radical (unpaired) electrons. The highest BCUT2D eigenvalue weighted by Crippen LogP contribution is 2.26. The minimum absolute atomic E-state index is 0.230. The van der Waals surface area contributed by atoms with Crippen molar-refractivity contribution in [3.05, 3.63) is 70.0 Å². The molecule has 0 aliphatic carbocycles. The fraction of sp³-hybridized carbons (Fsp3) is 0.250. The van der Waals surface area contributed by atoms with Gasteiger partial charge in [0.1, 0.15) is 5.82 Å². The number of alkyl halides is 1. The summed E-state index contributed by atoms with van der Waals surface area (Å²) in [5.74, 6) is 0.0293. The third kappa shape index (κ3) is 3.80. The molecule has 0 N–H and O–H groups in total. The maximum absolute atomic E-state index is 13.8. The van der Waals surface area contributed by atoms with Gasteiger partial charge in [0.15, 0.2) is 0 Å². The molecule has 2 aromatic carbocycles. The van der Waals surface area contributed by atoms with Crippen molar-refractivity contribution in [2.24, 2.45) is 0 Å². The van der Waals surface area contributed by atoms with Crippen LogP contribution in [0.3, 0.4) is 0 Å². The molecule has 0 heterocycles. The second-order valence-electron chi connectivity index (χ2n) is 4.71. The van der Waals surface area contributed by atoms with Crippen molar-refractivity contribution in [3.63, 3.8) is 0 Å². The minimum atomic E-state index is -0.230. The predicted octanol–water partition coefficient (Wildman–Crippen LogP) is 5.51. The highest BCUT2D eigenvalue weighted by atomic mass is 79.9. The minimum Gasteiger partial charge on any atom is -0.207 e. The molecular weight excluding hydrogens is 327 g/mol. The average Bonchev–Trinajstić information content (AvgIpc) is 2.38. The molecule has 0 aliphatic heterocycles. The Bertz CT molecular complexity index is 568. The zero-order valence-electron chi connectivity index (χ0n) is 10.7. The Morgan fingerprint density at radius 1 is 1.21 bits per heavy atom. The van der Waals surface area contributed by atoms with Crippen molar-refractivity contribution in [2.75, 3.05) is 5.33 Å². The van der Waals surface area contributed by atoms with Gasteiger partial charge in [-0.2, -0.15) is 0 Å². The van der Waals surface area contributed by atoms with Gasteiger partial charge in [-0.05, 0) is 42.5 Å². The maximum atomic E-state index is 13.8. The molecule has 2 aromatic rings. The van der Waals surface area contributed by atoms with E-state index in [2.05, 4.69) is 41.1 Å². The first-order chi connectivity index (χ1) is 9.10. The number of hydrogen-bond acceptors (Lipinski definition) is 0. The Morgan fingerprint density at radius 3 is 2.63 bits per heavy atom. The molecular formula is C16H15BrClF. The topological polar surface area (TPSA) is 0 Å². The number of rotatable bonds is 4. The molecule has 3 heteroatoms. The number of aryl methyl sites for hydroxylation is 1. The summed E-state index contributed by atoms with van der Waals surface area (Å²) in [5, 5.41) is 1.24. The Labute approximate surface area is 126 Å². The lowest BCUT2D eigenvalue weighted by Crippen LogP contribution is -2.06. The monoisotopic (exact) mass is 340 g/mol. The van der Waals surface area contributed by atoms with E-state index in [-0.39, 0.29) is 11.7 Å². The van der Waals surface area contributed by atoms with E-state index in [9.17, 15) is 4.39 Å². The Balaban J connectivity index is 2.24. The molecule has 0 amide bonds. The van der Waals surface area contributed by atoms with Crippen LogP contribution in [0.25, 0.3) is 0 Å². The van der Waals surface area contributed by atoms with Gasteiger partial charge in [0.2, 0.25) is 0 Å². The van der Waals surface area contributed by atoms with Crippen LogP contribution in [0.5, 0.6) is 0 Å². The Morgan fingerprint density at radius 2 is 2.00 bits per heavy atom. The first-order valence-electron chi connectivity index (χ1n) is 6.16. The van der Waals surface area contributed by atoms with Crippen molar-refractivity contribution in [1.82, 2.24) is 0 Å². The zero-order chi connectivity index (χ0) is 13.8. The molecule has 0 spiro atoms. The van der Waals surface area contributed by atoms with Gasteiger partial charge in [-0.25, -0.2) is 4.39 Å². The quantitative estimate of drug-likeness (QED) is 0.643. The summed E-state index contributed by atoms with van der Waals surface area (Å²) in [4.78, 5) is 0. The van der Waals surface area contributed by atoms with Gasteiger partial charge >= 0.3 is 0 Å². The SMILES string of the molecule is Cc1cccc(C(CBr)Cc2ccc(Cl)cc2F)c1. The summed E-state index contributed by atoms with van der Waals surface area (Å²) in [7, 11) is 0. The van der Waals surface area contributed by atoms with Gasteiger partial charge in [-0.3, -0.25) is 0 Å². The van der Waals surface area contributed by atoms with Gasteiger partial charge in [0, 0.05) is 10.4 Å². The fourth-order valence-electron chi connectivity index (χ4n) is 2.14. The van der Waals surface area contributed by atoms with Crippen LogP contribution in [0.4, 0.5) is 4.39 Å². The first-order valence-corrected chi connectivity index (χ1v) is 7.66. The van der Waals surface area contributed by atoms with Crippen LogP contribution in [-0.2, 0) is 6.42 Å². The summed E-state index contributed by atoms with van der Waals surface area (Å²) < 4.78 is 13.8. The Kier molecular flexibility index (Phi) is 5.00. The van der Waals surface area contributed by atoms with Crippen molar-refractivity contribution in [3.8, 4) is 0 Å². The molecule has 100 valence electrons. The molecule has 19 heavy (non-hydrogen) atoms. The van der Waals surface area contributed by atoms with Crippen molar-refractivity contribution in [1.29, 1.82) is 0 Å². The molecule has 2 rings (SSSR count). The van der Waals surface area contributed by atoms with E-state index in [0.717, 1.165) is 5.33 Å². The fourth-order valence-corrected chi connectivity index (χ4v) is 2.90. The van der Waals surface area contributed by atoms with Crippen LogP contribution in [0.2, 0.25) is 5.02 Å². The molecule has 0 fully saturated rings. The smallest absolute Gasteiger partial charge is 0.127 e. The molecule has 0 saturated carbocycles. The van der Waals surface area contributed by atoms with Gasteiger partial charge in [-0.15, -0.1) is 0 Å². The maximum Gasteiger partial charge on any atom is 0.127 e. The lowest BCUT2D eigenvalue weighted by Gasteiger charge is -2.16. The van der Waals surface area contributed by atoms with E-state index in [1.54, 1.807) is 12.1 Å². The summed E-state index contributed by atoms with van der Waals surface area (Å²) in [5.41, 5.74) is 3.15. The number of halogens is 3. The van der Waals surface area contributed by atoms with E-state index in [1.165, 1.54) is 17.2 Å². The van der Waals surface area contributed by atoms with Crippen LogP contribution < -0.4 is 0 Å². The van der Waals surface area contributed by atoms with Crippen LogP contribution in [-0.4, -0.2) is 5.33 Å². The lowest BCUT2D eigenvalue weighted by molar-refractivity contribution is 0.599. The van der Waals surface area contributed by atoms with Crippen molar-refractivity contribution >= 4 is 27.5 Å². The van der Waals surface area contributed by atoms with E-state index < -0.39 is 0 Å². The molecule has 0 saturated heterocycles. The average molecular weight is 342 g/mol. The first kappa shape index (κ1) is 14.5. The number of hydrogen-bond donors (Lipinski definition) is 0. The summed E-state index contributed by atoms with van der Waals surface area (Å²) in [6.45, 7) is 2.07. The summed E-state index contributed by atoms with van der Waals surface area (Å²) in [6, 6.07) is 13.2. The third-order valence-corrected chi connectivity index (χ3v) is 4.20. The van der Waals surface area contributed by atoms with Crippen molar-refractivity contribution < 1.29 is 4.39 Å². The molecule has 0 aromatic heterocycles. The number of benzene rings is 2. The van der Waals surface area contributed by atoms with E-state index in [0.29, 0.717) is 17.0 Å². The van der Waals surface area contributed by atoms with Gasteiger partial charge in [0.25, 0.3) is 0 Å². The van der Waals surface area contributed by atoms with Crippen molar-refractivity contribution in [2.45, 2.75) is 19.3 Å². The molecule has 1 unspecified atom stereocenters. The largest absolute Gasteiger partial charge is 0.207 e. The second kappa shape index (κ2) is 6.53.